The van der Waals surface area contributed by atoms with Crippen LogP contribution in [-0.2, 0) is 10.0 Å². The van der Waals surface area contributed by atoms with Crippen molar-refractivity contribution in [2.75, 3.05) is 48.7 Å². The molecule has 1 aromatic carbocycles. The fourth-order valence-corrected chi connectivity index (χ4v) is 4.11. The zero-order chi connectivity index (χ0) is 20.0. The van der Waals surface area contributed by atoms with E-state index in [-0.39, 0.29) is 18.0 Å². The monoisotopic (exact) mass is 408 g/mol. The van der Waals surface area contributed by atoms with Gasteiger partial charge in [-0.2, -0.15) is 4.31 Å². The molecule has 28 heavy (non-hydrogen) atoms. The molecule has 2 heterocycles. The van der Waals surface area contributed by atoms with Crippen LogP contribution >= 0.6 is 0 Å². The van der Waals surface area contributed by atoms with E-state index >= 15 is 0 Å². The van der Waals surface area contributed by atoms with Crippen molar-refractivity contribution in [3.63, 3.8) is 0 Å². The van der Waals surface area contributed by atoms with Gasteiger partial charge in [-0.3, -0.25) is 0 Å². The summed E-state index contributed by atoms with van der Waals surface area (Å²) in [4.78, 5) is 22.1. The number of aromatic nitrogens is 2. The Kier molecular flexibility index (Phi) is 6.37. The maximum atomic E-state index is 13.5. The lowest BCUT2D eigenvalue weighted by Gasteiger charge is -2.33. The van der Waals surface area contributed by atoms with Crippen LogP contribution in [0.2, 0.25) is 0 Å². The van der Waals surface area contributed by atoms with Crippen LogP contribution in [0.5, 0.6) is 0 Å². The maximum Gasteiger partial charge on any atom is 0.319 e. The zero-order valence-electron chi connectivity index (χ0n) is 15.1. The minimum atomic E-state index is -3.52. The SMILES string of the molecule is O=C(NCCS(=O)(=O)N1CCN(c2ncccn2)CC1)Nc1ccccc1F. The fourth-order valence-electron chi connectivity index (χ4n) is 2.77. The van der Waals surface area contributed by atoms with Crippen LogP contribution in [0.25, 0.3) is 0 Å². The van der Waals surface area contributed by atoms with Gasteiger partial charge in [-0.1, -0.05) is 12.1 Å². The molecule has 3 rings (SSSR count). The standard InChI is InChI=1S/C17H21FN6O3S/c18-14-4-1-2-5-15(14)22-17(25)21-8-13-28(26,27)24-11-9-23(10-12-24)16-19-6-3-7-20-16/h1-7H,8-13H2,(H2,21,22,25). The van der Waals surface area contributed by atoms with Crippen LogP contribution in [0.4, 0.5) is 20.8 Å². The van der Waals surface area contributed by atoms with Gasteiger partial charge in [0.2, 0.25) is 16.0 Å². The first-order chi connectivity index (χ1) is 13.5. The van der Waals surface area contributed by atoms with E-state index in [4.69, 9.17) is 0 Å². The number of nitrogens with one attached hydrogen (secondary N) is 2. The second-order valence-corrected chi connectivity index (χ2v) is 8.20. The maximum absolute atomic E-state index is 13.5. The molecule has 0 atom stereocenters. The van der Waals surface area contributed by atoms with Crippen LogP contribution in [0, 0.1) is 5.82 Å². The molecule has 0 radical (unpaired) electrons. The largest absolute Gasteiger partial charge is 0.338 e. The summed E-state index contributed by atoms with van der Waals surface area (Å²) in [6.45, 7) is 1.55. The molecule has 9 nitrogen and oxygen atoms in total. The van der Waals surface area contributed by atoms with Crippen molar-refractivity contribution in [3.05, 3.63) is 48.5 Å². The van der Waals surface area contributed by atoms with E-state index < -0.39 is 21.9 Å². The van der Waals surface area contributed by atoms with Gasteiger partial charge >= 0.3 is 6.03 Å². The van der Waals surface area contributed by atoms with Crippen LogP contribution in [-0.4, -0.2) is 67.2 Å². The third-order valence-corrected chi connectivity index (χ3v) is 6.11. The average molecular weight is 408 g/mol. The fraction of sp³-hybridized carbons (Fsp3) is 0.353. The molecule has 0 bridgehead atoms. The van der Waals surface area contributed by atoms with E-state index in [1.165, 1.54) is 22.5 Å². The molecule has 2 aromatic rings. The first-order valence-electron chi connectivity index (χ1n) is 8.75. The number of carbonyl (C=O) groups excluding carboxylic acids is 1. The molecule has 150 valence electrons. The molecule has 1 aromatic heterocycles. The third kappa shape index (κ3) is 5.14. The van der Waals surface area contributed by atoms with Crippen molar-refractivity contribution < 1.29 is 17.6 Å². The van der Waals surface area contributed by atoms with Crippen molar-refractivity contribution >= 4 is 27.7 Å². The Hall–Kier alpha value is -2.79. The lowest BCUT2D eigenvalue weighted by Crippen LogP contribution is -2.50. The van der Waals surface area contributed by atoms with Crippen molar-refractivity contribution in [1.29, 1.82) is 0 Å². The van der Waals surface area contributed by atoms with Gasteiger partial charge in [0.25, 0.3) is 0 Å². The summed E-state index contributed by atoms with van der Waals surface area (Å²) in [5, 5.41) is 4.78. The second-order valence-electron chi connectivity index (χ2n) is 6.11. The Labute approximate surface area is 162 Å². The van der Waals surface area contributed by atoms with Gasteiger partial charge in [0.05, 0.1) is 11.4 Å². The van der Waals surface area contributed by atoms with E-state index in [0.717, 1.165) is 0 Å². The number of anilines is 2. The Morgan fingerprint density at radius 2 is 1.75 bits per heavy atom. The van der Waals surface area contributed by atoms with Crippen molar-refractivity contribution in [1.82, 2.24) is 19.6 Å². The Morgan fingerprint density at radius 1 is 1.07 bits per heavy atom. The van der Waals surface area contributed by atoms with Crippen LogP contribution in [0.15, 0.2) is 42.7 Å². The molecule has 0 aliphatic carbocycles. The predicted octanol–water partition coefficient (Wildman–Crippen LogP) is 0.889. The Balaban J connectivity index is 1.44. The normalized spacial score (nSPS) is 15.2. The number of amides is 2. The van der Waals surface area contributed by atoms with Crippen LogP contribution in [0.1, 0.15) is 0 Å². The molecule has 0 saturated carbocycles. The molecule has 11 heteroatoms. The van der Waals surface area contributed by atoms with Gasteiger partial charge in [-0.25, -0.2) is 27.6 Å². The highest BCUT2D eigenvalue weighted by Gasteiger charge is 2.27. The van der Waals surface area contributed by atoms with E-state index in [2.05, 4.69) is 20.6 Å². The van der Waals surface area contributed by atoms with E-state index in [1.54, 1.807) is 24.5 Å². The summed E-state index contributed by atoms with van der Waals surface area (Å²) in [5.41, 5.74) is 0.0297. The molecule has 1 aliphatic heterocycles. The minimum Gasteiger partial charge on any atom is -0.338 e. The summed E-state index contributed by atoms with van der Waals surface area (Å²) in [5.74, 6) is -0.226. The van der Waals surface area contributed by atoms with E-state index in [9.17, 15) is 17.6 Å². The summed E-state index contributed by atoms with van der Waals surface area (Å²) < 4.78 is 39.8. The highest BCUT2D eigenvalue weighted by molar-refractivity contribution is 7.89. The lowest BCUT2D eigenvalue weighted by molar-refractivity contribution is 0.252. The molecule has 1 aliphatic rings. The van der Waals surface area contributed by atoms with Crippen molar-refractivity contribution in [3.8, 4) is 0 Å². The summed E-state index contributed by atoms with van der Waals surface area (Å²) in [6, 6.07) is 6.80. The number of piperazine rings is 1. The number of urea groups is 1. The first kappa shape index (κ1) is 20.0. The number of benzene rings is 1. The molecule has 2 N–H and O–H groups in total. The van der Waals surface area contributed by atoms with Gasteiger partial charge in [-0.15, -0.1) is 0 Å². The van der Waals surface area contributed by atoms with E-state index in [0.29, 0.717) is 32.1 Å². The van der Waals surface area contributed by atoms with Crippen molar-refractivity contribution in [2.45, 2.75) is 0 Å². The topological polar surface area (TPSA) is 108 Å². The molecular formula is C17H21FN6O3S. The smallest absolute Gasteiger partial charge is 0.319 e. The molecular weight excluding hydrogens is 387 g/mol. The Bertz CT molecular complexity index is 904. The lowest BCUT2D eigenvalue weighted by atomic mass is 10.3. The van der Waals surface area contributed by atoms with Crippen molar-refractivity contribution in [2.24, 2.45) is 0 Å². The Morgan fingerprint density at radius 3 is 2.43 bits per heavy atom. The first-order valence-corrected chi connectivity index (χ1v) is 10.4. The summed E-state index contributed by atoms with van der Waals surface area (Å²) >= 11 is 0. The molecule has 0 unspecified atom stereocenters. The quantitative estimate of drug-likeness (QED) is 0.735. The van der Waals surface area contributed by atoms with Crippen LogP contribution < -0.4 is 15.5 Å². The zero-order valence-corrected chi connectivity index (χ0v) is 15.9. The van der Waals surface area contributed by atoms with Gasteiger partial charge in [0.1, 0.15) is 5.82 Å². The number of hydrogen-bond acceptors (Lipinski definition) is 6. The van der Waals surface area contributed by atoms with E-state index in [1.807, 2.05) is 4.90 Å². The average Bonchev–Trinajstić information content (AvgIpc) is 2.70. The highest BCUT2D eigenvalue weighted by atomic mass is 32.2. The summed E-state index contributed by atoms with van der Waals surface area (Å²) in [7, 11) is -3.52. The molecule has 1 saturated heterocycles. The minimum absolute atomic E-state index is 0.0297. The summed E-state index contributed by atoms with van der Waals surface area (Å²) in [6.07, 6.45) is 3.28. The number of carbonyl (C=O) groups is 1. The number of nitrogens with zero attached hydrogens (tertiary/aromatic N) is 4. The molecule has 2 amide bonds. The third-order valence-electron chi connectivity index (χ3n) is 4.23. The number of hydrogen-bond donors (Lipinski definition) is 2. The van der Waals surface area contributed by atoms with Gasteiger partial charge < -0.3 is 15.5 Å². The highest BCUT2D eigenvalue weighted by Crippen LogP contribution is 2.13. The predicted molar refractivity (Wildman–Crippen MR) is 103 cm³/mol. The number of sulfonamides is 1. The van der Waals surface area contributed by atoms with Crippen LogP contribution in [0.3, 0.4) is 0 Å². The number of para-hydroxylation sites is 1. The number of halogens is 1. The van der Waals surface area contributed by atoms with Gasteiger partial charge in [0.15, 0.2) is 0 Å². The number of rotatable bonds is 6. The van der Waals surface area contributed by atoms with Gasteiger partial charge in [0, 0.05) is 45.1 Å². The second kappa shape index (κ2) is 8.93. The molecule has 0 spiro atoms. The molecule has 1 fully saturated rings. The van der Waals surface area contributed by atoms with Gasteiger partial charge in [-0.05, 0) is 18.2 Å².